The first-order valence-corrected chi connectivity index (χ1v) is 8.96. The normalized spacial score (nSPS) is 15.9. The Bertz CT molecular complexity index is 871. The summed E-state index contributed by atoms with van der Waals surface area (Å²) in [5.41, 5.74) is 2.29. The number of rotatable bonds is 6. The van der Waals surface area contributed by atoms with E-state index < -0.39 is 0 Å². The SMILES string of the molecule is COCC(C)Nc1nc(Cc2ccc3c(c2)OCO3)nc2c1CCNC2=O. The number of carbonyl (C=O) groups is 1. The zero-order valence-electron chi connectivity index (χ0n) is 15.4. The monoisotopic (exact) mass is 370 g/mol. The molecule has 0 radical (unpaired) electrons. The second-order valence-electron chi connectivity index (χ2n) is 6.69. The lowest BCUT2D eigenvalue weighted by molar-refractivity contribution is 0.0940. The summed E-state index contributed by atoms with van der Waals surface area (Å²) in [4.78, 5) is 21.5. The average Bonchev–Trinajstić information content (AvgIpc) is 3.11. The third-order valence-electron chi connectivity index (χ3n) is 4.53. The second kappa shape index (κ2) is 7.40. The van der Waals surface area contributed by atoms with E-state index in [0.717, 1.165) is 22.6 Å². The Hall–Kier alpha value is -2.87. The van der Waals surface area contributed by atoms with Crippen molar-refractivity contribution in [3.05, 3.63) is 40.8 Å². The smallest absolute Gasteiger partial charge is 0.270 e. The van der Waals surface area contributed by atoms with Crippen molar-refractivity contribution in [2.24, 2.45) is 0 Å². The van der Waals surface area contributed by atoms with E-state index in [2.05, 4.69) is 15.6 Å². The van der Waals surface area contributed by atoms with Gasteiger partial charge in [-0.2, -0.15) is 0 Å². The second-order valence-corrected chi connectivity index (χ2v) is 6.69. The van der Waals surface area contributed by atoms with Crippen LogP contribution in [0.25, 0.3) is 0 Å². The largest absolute Gasteiger partial charge is 0.454 e. The molecule has 1 amide bonds. The van der Waals surface area contributed by atoms with Crippen LogP contribution in [0.3, 0.4) is 0 Å². The first kappa shape index (κ1) is 17.5. The van der Waals surface area contributed by atoms with Crippen molar-refractivity contribution in [1.29, 1.82) is 0 Å². The predicted molar refractivity (Wildman–Crippen MR) is 98.4 cm³/mol. The van der Waals surface area contributed by atoms with E-state index in [9.17, 15) is 4.79 Å². The number of aromatic nitrogens is 2. The minimum absolute atomic E-state index is 0.0670. The standard InChI is InChI=1S/C19H22N4O4/c1-11(9-25-2)21-18-13-5-6-20-19(24)17(13)22-16(23-18)8-12-3-4-14-15(7-12)27-10-26-14/h3-4,7,11H,5-6,8-10H2,1-2H3,(H,20,24)(H,21,22,23). The van der Waals surface area contributed by atoms with Gasteiger partial charge in [-0.05, 0) is 31.0 Å². The fourth-order valence-electron chi connectivity index (χ4n) is 3.30. The molecule has 1 aromatic heterocycles. The first-order valence-electron chi connectivity index (χ1n) is 8.96. The summed E-state index contributed by atoms with van der Waals surface area (Å²) in [7, 11) is 1.66. The summed E-state index contributed by atoms with van der Waals surface area (Å²) in [6, 6.07) is 5.82. The minimum atomic E-state index is -0.159. The molecular formula is C19H22N4O4. The molecule has 1 aromatic carbocycles. The van der Waals surface area contributed by atoms with Crippen LogP contribution in [-0.2, 0) is 17.6 Å². The summed E-state index contributed by atoms with van der Waals surface area (Å²) >= 11 is 0. The number of ether oxygens (including phenoxy) is 3. The first-order chi connectivity index (χ1) is 13.1. The van der Waals surface area contributed by atoms with Crippen molar-refractivity contribution >= 4 is 11.7 Å². The molecule has 2 aliphatic rings. The van der Waals surface area contributed by atoms with E-state index in [1.807, 2.05) is 25.1 Å². The molecule has 4 rings (SSSR count). The molecule has 27 heavy (non-hydrogen) atoms. The van der Waals surface area contributed by atoms with Crippen molar-refractivity contribution in [3.63, 3.8) is 0 Å². The number of benzene rings is 1. The number of carbonyl (C=O) groups excluding carboxylic acids is 1. The van der Waals surface area contributed by atoms with E-state index >= 15 is 0 Å². The molecule has 142 valence electrons. The van der Waals surface area contributed by atoms with E-state index in [0.29, 0.717) is 43.3 Å². The highest BCUT2D eigenvalue weighted by molar-refractivity contribution is 5.96. The molecule has 2 N–H and O–H groups in total. The molecule has 0 aliphatic carbocycles. The van der Waals surface area contributed by atoms with E-state index in [4.69, 9.17) is 19.2 Å². The van der Waals surface area contributed by atoms with Crippen LogP contribution in [0.15, 0.2) is 18.2 Å². The number of methoxy groups -OCH3 is 1. The molecule has 0 fully saturated rings. The topological polar surface area (TPSA) is 94.6 Å². The Morgan fingerprint density at radius 3 is 3.00 bits per heavy atom. The molecule has 8 heteroatoms. The van der Waals surface area contributed by atoms with Crippen molar-refractivity contribution in [1.82, 2.24) is 15.3 Å². The molecule has 0 saturated carbocycles. The summed E-state index contributed by atoms with van der Waals surface area (Å²) in [5, 5.41) is 6.21. The number of hydrogen-bond donors (Lipinski definition) is 2. The van der Waals surface area contributed by atoms with Gasteiger partial charge in [0.05, 0.1) is 6.61 Å². The maximum Gasteiger partial charge on any atom is 0.270 e. The molecule has 0 saturated heterocycles. The fraction of sp³-hybridized carbons (Fsp3) is 0.421. The van der Waals surface area contributed by atoms with E-state index in [1.165, 1.54) is 0 Å². The Morgan fingerprint density at radius 1 is 1.30 bits per heavy atom. The quantitative estimate of drug-likeness (QED) is 0.796. The van der Waals surface area contributed by atoms with E-state index in [1.54, 1.807) is 7.11 Å². The van der Waals surface area contributed by atoms with Crippen LogP contribution in [0.4, 0.5) is 5.82 Å². The highest BCUT2D eigenvalue weighted by atomic mass is 16.7. The van der Waals surface area contributed by atoms with Crippen molar-refractivity contribution in [3.8, 4) is 11.5 Å². The number of anilines is 1. The van der Waals surface area contributed by atoms with Crippen molar-refractivity contribution < 1.29 is 19.0 Å². The number of nitrogens with zero attached hydrogens (tertiary/aromatic N) is 2. The lowest BCUT2D eigenvalue weighted by atomic mass is 10.0. The number of fused-ring (bicyclic) bond motifs is 2. The zero-order valence-corrected chi connectivity index (χ0v) is 15.4. The van der Waals surface area contributed by atoms with Gasteiger partial charge < -0.3 is 24.8 Å². The van der Waals surface area contributed by atoms with Gasteiger partial charge in [-0.25, -0.2) is 9.97 Å². The van der Waals surface area contributed by atoms with Crippen LogP contribution in [0.5, 0.6) is 11.5 Å². The van der Waals surface area contributed by atoms with Gasteiger partial charge in [0.2, 0.25) is 6.79 Å². The van der Waals surface area contributed by atoms with Crippen LogP contribution in [0.2, 0.25) is 0 Å². The van der Waals surface area contributed by atoms with Crippen LogP contribution in [-0.4, -0.2) is 49.0 Å². The lowest BCUT2D eigenvalue weighted by Gasteiger charge is -2.22. The Balaban J connectivity index is 1.66. The van der Waals surface area contributed by atoms with Crippen LogP contribution in [0.1, 0.15) is 34.4 Å². The van der Waals surface area contributed by atoms with Gasteiger partial charge in [0.1, 0.15) is 17.3 Å². The van der Waals surface area contributed by atoms with Crippen molar-refractivity contribution in [2.75, 3.05) is 32.4 Å². The maximum absolute atomic E-state index is 12.3. The van der Waals surface area contributed by atoms with Gasteiger partial charge in [-0.3, -0.25) is 4.79 Å². The molecule has 3 heterocycles. The Labute approximate surface area is 157 Å². The number of nitrogens with one attached hydrogen (secondary N) is 2. The van der Waals surface area contributed by atoms with Crippen molar-refractivity contribution in [2.45, 2.75) is 25.8 Å². The zero-order chi connectivity index (χ0) is 18.8. The summed E-state index contributed by atoms with van der Waals surface area (Å²) < 4.78 is 16.0. The minimum Gasteiger partial charge on any atom is -0.454 e. The molecule has 1 unspecified atom stereocenters. The van der Waals surface area contributed by atoms with Gasteiger partial charge in [0.15, 0.2) is 11.5 Å². The summed E-state index contributed by atoms with van der Waals surface area (Å²) in [6.07, 6.45) is 1.19. The third-order valence-corrected chi connectivity index (χ3v) is 4.53. The maximum atomic E-state index is 12.3. The highest BCUT2D eigenvalue weighted by Gasteiger charge is 2.24. The molecule has 8 nitrogen and oxygen atoms in total. The van der Waals surface area contributed by atoms with Gasteiger partial charge >= 0.3 is 0 Å². The summed E-state index contributed by atoms with van der Waals surface area (Å²) in [6.45, 7) is 3.38. The third kappa shape index (κ3) is 3.66. The van der Waals surface area contributed by atoms with Crippen LogP contribution in [0, 0.1) is 0 Å². The molecule has 0 spiro atoms. The highest BCUT2D eigenvalue weighted by Crippen LogP contribution is 2.33. The molecule has 0 bridgehead atoms. The Kier molecular flexibility index (Phi) is 4.81. The predicted octanol–water partition coefficient (Wildman–Crippen LogP) is 1.53. The molecule has 2 aliphatic heterocycles. The molecular weight excluding hydrogens is 348 g/mol. The van der Waals surface area contributed by atoms with Gasteiger partial charge in [0, 0.05) is 31.7 Å². The van der Waals surface area contributed by atoms with Gasteiger partial charge in [-0.1, -0.05) is 6.07 Å². The van der Waals surface area contributed by atoms with Gasteiger partial charge in [-0.15, -0.1) is 0 Å². The van der Waals surface area contributed by atoms with E-state index in [-0.39, 0.29) is 18.7 Å². The fourth-order valence-corrected chi connectivity index (χ4v) is 3.30. The number of hydrogen-bond acceptors (Lipinski definition) is 7. The number of amides is 1. The Morgan fingerprint density at radius 2 is 2.15 bits per heavy atom. The lowest BCUT2D eigenvalue weighted by Crippen LogP contribution is -2.35. The average molecular weight is 370 g/mol. The van der Waals surface area contributed by atoms with Gasteiger partial charge in [0.25, 0.3) is 5.91 Å². The molecule has 2 aromatic rings. The van der Waals surface area contributed by atoms with Crippen LogP contribution < -0.4 is 20.1 Å². The van der Waals surface area contributed by atoms with Crippen LogP contribution >= 0.6 is 0 Å². The molecule has 1 atom stereocenters. The summed E-state index contributed by atoms with van der Waals surface area (Å²) in [5.74, 6) is 2.58.